The number of methoxy groups -OCH3 is 2. The number of likely N-dealkylation sites (tertiary alicyclic amines) is 1. The number of hydrogen-bond acceptors (Lipinski definition) is 7. The lowest BCUT2D eigenvalue weighted by molar-refractivity contribution is -0.0671. The van der Waals surface area contributed by atoms with Gasteiger partial charge < -0.3 is 29.2 Å². The van der Waals surface area contributed by atoms with Gasteiger partial charge in [0.2, 0.25) is 0 Å². The van der Waals surface area contributed by atoms with Crippen molar-refractivity contribution in [3.05, 3.63) is 59.7 Å². The van der Waals surface area contributed by atoms with Crippen molar-refractivity contribution >= 4 is 11.6 Å². The molecule has 0 aromatic heterocycles. The van der Waals surface area contributed by atoms with E-state index in [1.807, 2.05) is 43.3 Å². The highest BCUT2D eigenvalue weighted by atomic mass is 16.7. The standard InChI is InChI=1S/C27H39N3O5/c1-5-14-28-27(31)21-9-11-23(12-10-21)29(2)26(18-30-15-13-25(17-30)35-20-33-4)22-7-6-8-24(16-22)34-19-32-3/h6-12,16,25-26H,5,13-15,17-20H2,1-4H3,(H,28,31)/t25-,26+/m0/s1. The number of carbonyl (C=O) groups is 1. The molecule has 2 aromatic carbocycles. The lowest BCUT2D eigenvalue weighted by Crippen LogP contribution is -2.36. The summed E-state index contributed by atoms with van der Waals surface area (Å²) in [5.74, 6) is 0.730. The van der Waals surface area contributed by atoms with Crippen molar-refractivity contribution in [1.29, 1.82) is 0 Å². The number of benzene rings is 2. The highest BCUT2D eigenvalue weighted by molar-refractivity contribution is 5.94. The Bertz CT molecular complexity index is 908. The summed E-state index contributed by atoms with van der Waals surface area (Å²) in [6.07, 6.45) is 2.08. The second kappa shape index (κ2) is 14.0. The lowest BCUT2D eigenvalue weighted by Gasteiger charge is -2.34. The molecule has 1 amide bonds. The van der Waals surface area contributed by atoms with Crippen LogP contribution in [0.1, 0.15) is 41.7 Å². The first-order valence-corrected chi connectivity index (χ1v) is 12.2. The van der Waals surface area contributed by atoms with Gasteiger partial charge in [-0.05, 0) is 54.8 Å². The minimum absolute atomic E-state index is 0.0419. The van der Waals surface area contributed by atoms with Gasteiger partial charge in [-0.2, -0.15) is 0 Å². The number of ether oxygens (including phenoxy) is 4. The number of likely N-dealkylation sites (N-methyl/N-ethyl adjacent to an activating group) is 1. The van der Waals surface area contributed by atoms with Crippen molar-refractivity contribution < 1.29 is 23.7 Å². The molecule has 0 saturated carbocycles. The average molecular weight is 486 g/mol. The van der Waals surface area contributed by atoms with E-state index in [9.17, 15) is 4.79 Å². The second-order valence-corrected chi connectivity index (χ2v) is 8.80. The normalized spacial score (nSPS) is 16.7. The van der Waals surface area contributed by atoms with Crippen LogP contribution in [-0.2, 0) is 14.2 Å². The van der Waals surface area contributed by atoms with E-state index in [1.165, 1.54) is 0 Å². The Balaban J connectivity index is 1.79. The number of nitrogens with zero attached hydrogens (tertiary/aromatic N) is 2. The Morgan fingerprint density at radius 2 is 1.91 bits per heavy atom. The fourth-order valence-electron chi connectivity index (χ4n) is 4.27. The number of anilines is 1. The summed E-state index contributed by atoms with van der Waals surface area (Å²) in [5.41, 5.74) is 2.85. The maximum Gasteiger partial charge on any atom is 0.251 e. The molecule has 0 radical (unpaired) electrons. The Hall–Kier alpha value is -2.65. The summed E-state index contributed by atoms with van der Waals surface area (Å²) in [6.45, 7) is 5.90. The molecule has 1 fully saturated rings. The minimum atomic E-state index is -0.0419. The summed E-state index contributed by atoms with van der Waals surface area (Å²) in [4.78, 5) is 17.0. The molecule has 1 saturated heterocycles. The van der Waals surface area contributed by atoms with Crippen molar-refractivity contribution in [3.63, 3.8) is 0 Å². The van der Waals surface area contributed by atoms with Gasteiger partial charge in [0.1, 0.15) is 12.5 Å². The predicted octanol–water partition coefficient (Wildman–Crippen LogP) is 3.68. The molecule has 1 heterocycles. The Labute approximate surface area is 209 Å². The molecular formula is C27H39N3O5. The van der Waals surface area contributed by atoms with Crippen LogP contribution in [0.2, 0.25) is 0 Å². The van der Waals surface area contributed by atoms with Gasteiger partial charge in [-0.1, -0.05) is 19.1 Å². The summed E-state index contributed by atoms with van der Waals surface area (Å²) < 4.78 is 21.6. The van der Waals surface area contributed by atoms with Crippen molar-refractivity contribution in [2.45, 2.75) is 31.9 Å². The largest absolute Gasteiger partial charge is 0.468 e. The topological polar surface area (TPSA) is 72.5 Å². The number of carbonyl (C=O) groups excluding carboxylic acids is 1. The third-order valence-electron chi connectivity index (χ3n) is 6.21. The van der Waals surface area contributed by atoms with Crippen molar-refractivity contribution in [2.24, 2.45) is 0 Å². The molecule has 8 nitrogen and oxygen atoms in total. The molecule has 0 aliphatic carbocycles. The van der Waals surface area contributed by atoms with E-state index in [2.05, 4.69) is 34.3 Å². The van der Waals surface area contributed by atoms with Gasteiger partial charge in [0.05, 0.1) is 12.1 Å². The molecule has 1 N–H and O–H groups in total. The molecule has 35 heavy (non-hydrogen) atoms. The van der Waals surface area contributed by atoms with Gasteiger partial charge in [-0.15, -0.1) is 0 Å². The van der Waals surface area contributed by atoms with Crippen molar-refractivity contribution in [3.8, 4) is 5.75 Å². The fourth-order valence-corrected chi connectivity index (χ4v) is 4.27. The zero-order valence-electron chi connectivity index (χ0n) is 21.4. The second-order valence-electron chi connectivity index (χ2n) is 8.80. The van der Waals surface area contributed by atoms with Crippen molar-refractivity contribution in [1.82, 2.24) is 10.2 Å². The summed E-state index contributed by atoms with van der Waals surface area (Å²) >= 11 is 0. The number of rotatable bonds is 14. The molecule has 1 aliphatic heterocycles. The number of amides is 1. The Kier molecular flexibility index (Phi) is 10.8. The van der Waals surface area contributed by atoms with Crippen LogP contribution in [0.3, 0.4) is 0 Å². The zero-order valence-corrected chi connectivity index (χ0v) is 21.4. The molecule has 192 valence electrons. The quantitative estimate of drug-likeness (QED) is 0.409. The maximum absolute atomic E-state index is 12.3. The number of nitrogens with one attached hydrogen (secondary N) is 1. The molecule has 3 rings (SSSR count). The summed E-state index contributed by atoms with van der Waals surface area (Å²) in [7, 11) is 5.35. The van der Waals surface area contributed by atoms with Crippen LogP contribution in [0, 0.1) is 0 Å². The van der Waals surface area contributed by atoms with Crippen LogP contribution in [0.25, 0.3) is 0 Å². The van der Waals surface area contributed by atoms with E-state index in [0.29, 0.717) is 18.9 Å². The SMILES string of the molecule is CCCNC(=O)c1ccc(N(C)[C@H](CN2CC[C@H](OCOC)C2)c2cccc(OCOC)c2)cc1. The minimum Gasteiger partial charge on any atom is -0.468 e. The van der Waals surface area contributed by atoms with Crippen LogP contribution in [-0.4, -0.2) is 77.9 Å². The van der Waals surface area contributed by atoms with E-state index < -0.39 is 0 Å². The van der Waals surface area contributed by atoms with Crippen LogP contribution >= 0.6 is 0 Å². The van der Waals surface area contributed by atoms with Crippen LogP contribution in [0.5, 0.6) is 5.75 Å². The smallest absolute Gasteiger partial charge is 0.251 e. The first-order chi connectivity index (χ1) is 17.0. The van der Waals surface area contributed by atoms with Gasteiger partial charge in [-0.3, -0.25) is 9.69 Å². The fraction of sp³-hybridized carbons (Fsp3) is 0.519. The summed E-state index contributed by atoms with van der Waals surface area (Å²) in [5, 5.41) is 2.93. The Morgan fingerprint density at radius 3 is 2.63 bits per heavy atom. The number of hydrogen-bond donors (Lipinski definition) is 1. The lowest BCUT2D eigenvalue weighted by atomic mass is 10.0. The maximum atomic E-state index is 12.3. The highest BCUT2D eigenvalue weighted by Gasteiger charge is 2.28. The molecule has 2 atom stereocenters. The molecule has 1 aliphatic rings. The molecule has 0 bridgehead atoms. The van der Waals surface area contributed by atoms with E-state index in [-0.39, 0.29) is 24.8 Å². The molecule has 0 spiro atoms. The van der Waals surface area contributed by atoms with Crippen LogP contribution < -0.4 is 15.0 Å². The Morgan fingerprint density at radius 1 is 1.14 bits per heavy atom. The zero-order chi connectivity index (χ0) is 25.0. The summed E-state index contributed by atoms with van der Waals surface area (Å²) in [6, 6.07) is 16.0. The molecule has 0 unspecified atom stereocenters. The van der Waals surface area contributed by atoms with E-state index in [4.69, 9.17) is 18.9 Å². The first-order valence-electron chi connectivity index (χ1n) is 12.2. The van der Waals surface area contributed by atoms with Crippen LogP contribution in [0.15, 0.2) is 48.5 Å². The van der Waals surface area contributed by atoms with Gasteiger partial charge in [-0.25, -0.2) is 0 Å². The average Bonchev–Trinajstić information content (AvgIpc) is 3.35. The van der Waals surface area contributed by atoms with Crippen molar-refractivity contribution in [2.75, 3.05) is 65.9 Å². The van der Waals surface area contributed by atoms with Gasteiger partial charge in [0, 0.05) is 58.7 Å². The van der Waals surface area contributed by atoms with E-state index in [1.54, 1.807) is 14.2 Å². The predicted molar refractivity (Wildman–Crippen MR) is 137 cm³/mol. The van der Waals surface area contributed by atoms with E-state index >= 15 is 0 Å². The molecule has 8 heteroatoms. The third-order valence-corrected chi connectivity index (χ3v) is 6.21. The molecule has 2 aromatic rings. The van der Waals surface area contributed by atoms with Gasteiger partial charge in [0.25, 0.3) is 5.91 Å². The highest BCUT2D eigenvalue weighted by Crippen LogP contribution is 2.30. The van der Waals surface area contributed by atoms with Crippen LogP contribution in [0.4, 0.5) is 5.69 Å². The monoisotopic (exact) mass is 485 g/mol. The van der Waals surface area contributed by atoms with Gasteiger partial charge in [0.15, 0.2) is 6.79 Å². The first kappa shape index (κ1) is 26.9. The van der Waals surface area contributed by atoms with E-state index in [0.717, 1.165) is 49.5 Å². The third kappa shape index (κ3) is 7.93. The molecular weight excluding hydrogens is 446 g/mol. The van der Waals surface area contributed by atoms with Gasteiger partial charge >= 0.3 is 0 Å².